The lowest BCUT2D eigenvalue weighted by atomic mass is 10.1. The molecule has 0 fully saturated rings. The summed E-state index contributed by atoms with van der Waals surface area (Å²) in [7, 11) is 0. The van der Waals surface area contributed by atoms with Crippen LogP contribution in [-0.2, 0) is 12.8 Å². The van der Waals surface area contributed by atoms with Crippen molar-refractivity contribution >= 4 is 5.69 Å². The minimum atomic E-state index is -0.230. The molecule has 0 aliphatic carbocycles. The number of rotatable bonds is 5. The van der Waals surface area contributed by atoms with Gasteiger partial charge in [-0.05, 0) is 42.7 Å². The summed E-state index contributed by atoms with van der Waals surface area (Å²) < 4.78 is 0. The highest BCUT2D eigenvalue weighted by Crippen LogP contribution is 2.15. The monoisotopic (exact) mass is 299 g/mol. The smallest absolute Gasteiger partial charge is 0.163 e. The summed E-state index contributed by atoms with van der Waals surface area (Å²) in [6.07, 6.45) is 3.49. The molecule has 0 aliphatic heterocycles. The molecule has 0 spiro atoms. The van der Waals surface area contributed by atoms with E-state index in [1.807, 2.05) is 48.5 Å². The topological polar surface area (TPSA) is 96.3 Å². The number of hydrogen-bond acceptors (Lipinski definition) is 5. The van der Waals surface area contributed by atoms with Gasteiger partial charge in [0.1, 0.15) is 23.9 Å². The fraction of sp³-hybridized carbons (Fsp3) is 0.111. The zero-order valence-corrected chi connectivity index (χ0v) is 12.3. The molecule has 1 aromatic carbocycles. The Morgan fingerprint density at radius 3 is 2.22 bits per heavy atom. The Morgan fingerprint density at radius 2 is 1.65 bits per heavy atom. The van der Waals surface area contributed by atoms with E-state index in [-0.39, 0.29) is 11.3 Å². The summed E-state index contributed by atoms with van der Waals surface area (Å²) in [5, 5.41) is 29.4. The molecular formula is C18H13N5. The predicted molar refractivity (Wildman–Crippen MR) is 85.6 cm³/mol. The van der Waals surface area contributed by atoms with Gasteiger partial charge >= 0.3 is 0 Å². The third-order valence-corrected chi connectivity index (χ3v) is 3.20. The van der Waals surface area contributed by atoms with Crippen molar-refractivity contribution in [1.29, 1.82) is 15.8 Å². The highest BCUT2D eigenvalue weighted by atomic mass is 14.9. The van der Waals surface area contributed by atoms with Crippen LogP contribution < -0.4 is 5.32 Å². The molecule has 23 heavy (non-hydrogen) atoms. The van der Waals surface area contributed by atoms with E-state index in [2.05, 4.69) is 10.3 Å². The number of aryl methyl sites for hydroxylation is 2. The van der Waals surface area contributed by atoms with Gasteiger partial charge in [0.05, 0.1) is 0 Å². The maximum atomic E-state index is 9.01. The van der Waals surface area contributed by atoms with Crippen LogP contribution >= 0.6 is 0 Å². The van der Waals surface area contributed by atoms with Crippen molar-refractivity contribution in [2.45, 2.75) is 12.8 Å². The number of pyridine rings is 1. The molecule has 0 amide bonds. The summed E-state index contributed by atoms with van der Waals surface area (Å²) in [5.74, 6) is 0. The third kappa shape index (κ3) is 4.43. The average molecular weight is 299 g/mol. The lowest BCUT2D eigenvalue weighted by Crippen LogP contribution is -2.01. The van der Waals surface area contributed by atoms with E-state index in [9.17, 15) is 0 Å². The first-order valence-corrected chi connectivity index (χ1v) is 6.97. The second kappa shape index (κ2) is 7.98. The zero-order valence-electron chi connectivity index (χ0n) is 12.3. The highest BCUT2D eigenvalue weighted by Gasteiger charge is 2.06. The number of anilines is 1. The minimum absolute atomic E-state index is 0.0452. The Morgan fingerprint density at radius 1 is 0.913 bits per heavy atom. The minimum Gasteiger partial charge on any atom is -0.345 e. The Bertz CT molecular complexity index is 799. The lowest BCUT2D eigenvalue weighted by Gasteiger charge is -2.06. The maximum Gasteiger partial charge on any atom is 0.163 e. The number of nitrogens with zero attached hydrogens (tertiary/aromatic N) is 4. The van der Waals surface area contributed by atoms with Gasteiger partial charge in [0, 0.05) is 17.6 Å². The van der Waals surface area contributed by atoms with E-state index < -0.39 is 0 Å². The maximum absolute atomic E-state index is 9.01. The number of nitrogens with one attached hydrogen (secondary N) is 1. The molecule has 0 aliphatic rings. The van der Waals surface area contributed by atoms with Crippen molar-refractivity contribution in [3.63, 3.8) is 0 Å². The Kier molecular flexibility index (Phi) is 5.47. The number of benzene rings is 1. The van der Waals surface area contributed by atoms with Crippen LogP contribution in [0.5, 0.6) is 0 Å². The molecule has 0 bridgehead atoms. The first kappa shape index (κ1) is 15.8. The summed E-state index contributed by atoms with van der Waals surface area (Å²) in [6.45, 7) is 0. The van der Waals surface area contributed by atoms with Gasteiger partial charge in [-0.1, -0.05) is 18.2 Å². The van der Waals surface area contributed by atoms with Crippen molar-refractivity contribution in [2.24, 2.45) is 0 Å². The van der Waals surface area contributed by atoms with Crippen molar-refractivity contribution in [1.82, 2.24) is 4.98 Å². The standard InChI is InChI=1S/C18H13N5/c19-11-15(12-20)18(13-21)23-17-8-5-14(6-9-17)4-7-16-3-1-2-10-22-16/h1-3,5-6,8-10,23H,4,7H2. The molecule has 1 N–H and O–H groups in total. The Hall–Kier alpha value is -3.62. The van der Waals surface area contributed by atoms with Crippen molar-refractivity contribution < 1.29 is 0 Å². The second-order valence-corrected chi connectivity index (χ2v) is 4.73. The van der Waals surface area contributed by atoms with Gasteiger partial charge in [0.25, 0.3) is 0 Å². The fourth-order valence-electron chi connectivity index (χ4n) is 2.00. The third-order valence-electron chi connectivity index (χ3n) is 3.20. The predicted octanol–water partition coefficient (Wildman–Crippen LogP) is 3.10. The molecule has 110 valence electrons. The van der Waals surface area contributed by atoms with Gasteiger partial charge in [-0.2, -0.15) is 15.8 Å². The summed E-state index contributed by atoms with van der Waals surface area (Å²) in [4.78, 5) is 4.28. The summed E-state index contributed by atoms with van der Waals surface area (Å²) in [6, 6.07) is 18.6. The van der Waals surface area contributed by atoms with Crippen LogP contribution in [0, 0.1) is 34.0 Å². The lowest BCUT2D eigenvalue weighted by molar-refractivity contribution is 0.914. The Balaban J connectivity index is 2.03. The summed E-state index contributed by atoms with van der Waals surface area (Å²) >= 11 is 0. The molecule has 1 aromatic heterocycles. The molecule has 2 rings (SSSR count). The largest absolute Gasteiger partial charge is 0.345 e. The van der Waals surface area contributed by atoms with Gasteiger partial charge in [-0.15, -0.1) is 0 Å². The SMILES string of the molecule is N#CC(C#N)=C(C#N)Nc1ccc(CCc2ccccn2)cc1. The molecule has 2 aromatic rings. The van der Waals surface area contributed by atoms with Crippen molar-refractivity contribution in [3.05, 3.63) is 71.2 Å². The van der Waals surface area contributed by atoms with E-state index in [4.69, 9.17) is 15.8 Å². The van der Waals surface area contributed by atoms with E-state index in [0.717, 1.165) is 24.1 Å². The van der Waals surface area contributed by atoms with Crippen LogP contribution in [0.1, 0.15) is 11.3 Å². The van der Waals surface area contributed by atoms with Crippen molar-refractivity contribution in [2.75, 3.05) is 5.32 Å². The molecule has 0 unspecified atom stereocenters. The number of hydrogen-bond donors (Lipinski definition) is 1. The van der Waals surface area contributed by atoms with E-state index in [1.54, 1.807) is 18.3 Å². The normalized spacial score (nSPS) is 9.09. The van der Waals surface area contributed by atoms with E-state index >= 15 is 0 Å². The van der Waals surface area contributed by atoms with Gasteiger partial charge in [0.15, 0.2) is 5.57 Å². The van der Waals surface area contributed by atoms with Gasteiger partial charge < -0.3 is 5.32 Å². The van der Waals surface area contributed by atoms with Gasteiger partial charge in [-0.25, -0.2) is 0 Å². The molecule has 0 saturated carbocycles. The first-order chi connectivity index (χ1) is 11.3. The van der Waals surface area contributed by atoms with Crippen LogP contribution in [0.15, 0.2) is 59.9 Å². The second-order valence-electron chi connectivity index (χ2n) is 4.73. The highest BCUT2D eigenvalue weighted by molar-refractivity contribution is 5.58. The van der Waals surface area contributed by atoms with Crippen molar-refractivity contribution in [3.8, 4) is 18.2 Å². The van der Waals surface area contributed by atoms with Gasteiger partial charge in [-0.3, -0.25) is 4.98 Å². The molecule has 0 saturated heterocycles. The number of nitriles is 3. The molecule has 5 nitrogen and oxygen atoms in total. The summed E-state index contributed by atoms with van der Waals surface area (Å²) in [5.41, 5.74) is 2.57. The first-order valence-electron chi connectivity index (χ1n) is 6.97. The fourth-order valence-corrected chi connectivity index (χ4v) is 2.00. The number of aromatic nitrogens is 1. The van der Waals surface area contributed by atoms with Crippen LogP contribution in [-0.4, -0.2) is 4.98 Å². The molecule has 5 heteroatoms. The van der Waals surface area contributed by atoms with E-state index in [0.29, 0.717) is 5.69 Å². The number of allylic oxidation sites excluding steroid dienone is 2. The molecular weight excluding hydrogens is 286 g/mol. The quantitative estimate of drug-likeness (QED) is 0.856. The molecule has 0 radical (unpaired) electrons. The Labute approximate surface area is 134 Å². The molecule has 0 atom stereocenters. The van der Waals surface area contributed by atoms with E-state index in [1.165, 1.54) is 0 Å². The zero-order chi connectivity index (χ0) is 16.5. The van der Waals surface area contributed by atoms with Crippen LogP contribution in [0.2, 0.25) is 0 Å². The van der Waals surface area contributed by atoms with Crippen LogP contribution in [0.25, 0.3) is 0 Å². The van der Waals surface area contributed by atoms with Gasteiger partial charge in [0.2, 0.25) is 0 Å². The molecule has 1 heterocycles. The van der Waals surface area contributed by atoms with Crippen LogP contribution in [0.3, 0.4) is 0 Å². The average Bonchev–Trinajstić information content (AvgIpc) is 2.62. The van der Waals surface area contributed by atoms with Crippen LogP contribution in [0.4, 0.5) is 5.69 Å².